The van der Waals surface area contributed by atoms with Gasteiger partial charge >= 0.3 is 105 Å². The molecule has 0 rings (SSSR count). The predicted octanol–water partition coefficient (Wildman–Crippen LogP) is -3.92. The molecule has 0 aromatic rings. The summed E-state index contributed by atoms with van der Waals surface area (Å²) in [5, 5.41) is 0. The Kier molecular flexibility index (Phi) is 15.6. The molecule has 0 aliphatic heterocycles. The summed E-state index contributed by atoms with van der Waals surface area (Å²) in [4.78, 5) is 0. The van der Waals surface area contributed by atoms with E-state index in [4.69, 9.17) is 15.9 Å². The molecule has 36 valence electrons. The van der Waals surface area contributed by atoms with Gasteiger partial charge in [0.1, 0.15) is 0 Å². The number of hydrogen-bond donors (Lipinski definition) is 0. The van der Waals surface area contributed by atoms with Gasteiger partial charge in [0.05, 0.1) is 0 Å². The topological polar surface area (TPSA) is 80.3 Å². The Balaban J connectivity index is -0.0000000800. The number of hydrogen-bond acceptors (Lipinski definition) is 4. The van der Waals surface area contributed by atoms with Gasteiger partial charge in [-0.25, -0.2) is 0 Å². The van der Waals surface area contributed by atoms with Crippen LogP contribution < -0.4 is 8.32 Å². The van der Waals surface area contributed by atoms with Gasteiger partial charge in [0.15, 0.2) is 0 Å². The van der Waals surface area contributed by atoms with Gasteiger partial charge in [0.25, 0.3) is 0 Å². The van der Waals surface area contributed by atoms with Crippen LogP contribution in [0.25, 0.3) is 0 Å². The molecule has 0 unspecified atom stereocenters. The normalized spacial score (nSPS) is 8.29. The van der Waals surface area contributed by atoms with Crippen LogP contribution in [0.3, 0.4) is 0 Å². The van der Waals surface area contributed by atoms with Gasteiger partial charge in [-0.15, -0.1) is 0 Å². The van der Waals surface area contributed by atoms with Gasteiger partial charge in [-0.1, -0.05) is 0 Å². The summed E-state index contributed by atoms with van der Waals surface area (Å²) in [6.07, 6.45) is 0. The molecule has 0 atom stereocenters. The summed E-state index contributed by atoms with van der Waals surface area (Å²) in [5.41, 5.74) is 0. The predicted molar refractivity (Wildman–Crippen MR) is 15.7 cm³/mol. The molecule has 0 aliphatic rings. The summed E-state index contributed by atoms with van der Waals surface area (Å²) in [7, 11) is 0. The van der Waals surface area contributed by atoms with Crippen molar-refractivity contribution >= 4 is 75.5 Å². The quantitative estimate of drug-likeness (QED) is 0.372. The standard InChI is InChI=1S/2Ca.Cr.4O.2H/q;+2;;;;2*-1;;. The van der Waals surface area contributed by atoms with Crippen LogP contribution in [-0.2, 0) is 21.2 Å². The summed E-state index contributed by atoms with van der Waals surface area (Å²) in [6, 6.07) is 0. The summed E-state index contributed by atoms with van der Waals surface area (Å²) in [6.45, 7) is 0. The van der Waals surface area contributed by atoms with Crippen LogP contribution in [0.5, 0.6) is 0 Å². The maximum atomic E-state index is 8.59. The van der Waals surface area contributed by atoms with Gasteiger partial charge in [0, 0.05) is 0 Å². The summed E-state index contributed by atoms with van der Waals surface area (Å²) >= 11 is -5.75. The Morgan fingerprint density at radius 1 is 1.14 bits per heavy atom. The molecule has 0 aromatic heterocycles. The average molecular weight is 198 g/mol. The molecule has 0 amide bonds. The van der Waals surface area contributed by atoms with Crippen LogP contribution in [0.1, 0.15) is 0 Å². The minimum atomic E-state index is -5.75. The van der Waals surface area contributed by atoms with Crippen molar-refractivity contribution < 1.29 is 29.5 Å². The fourth-order valence-electron chi connectivity index (χ4n) is 0. The van der Waals surface area contributed by atoms with E-state index in [0.717, 1.165) is 0 Å². The second kappa shape index (κ2) is 6.69. The van der Waals surface area contributed by atoms with Gasteiger partial charge in [-0.05, 0) is 0 Å². The molecule has 0 radical (unpaired) electrons. The Bertz CT molecular complexity index is 92.9. The first-order valence-electron chi connectivity index (χ1n) is 0.667. The summed E-state index contributed by atoms with van der Waals surface area (Å²) in [5.74, 6) is 0. The maximum absolute atomic E-state index is 8.59. The van der Waals surface area contributed by atoms with E-state index in [0.29, 0.717) is 0 Å². The van der Waals surface area contributed by atoms with Crippen molar-refractivity contribution in [2.45, 2.75) is 0 Å². The average Bonchev–Trinajstić information content (AvgIpc) is 0.722. The van der Waals surface area contributed by atoms with Crippen LogP contribution in [-0.4, -0.2) is 75.5 Å². The molecule has 0 spiro atoms. The third-order valence-electron chi connectivity index (χ3n) is 0. The van der Waals surface area contributed by atoms with E-state index in [2.05, 4.69) is 0 Å². The van der Waals surface area contributed by atoms with E-state index in [9.17, 15) is 0 Å². The van der Waals surface area contributed by atoms with E-state index in [-0.39, 0.29) is 75.5 Å². The second-order valence-corrected chi connectivity index (χ2v) is 1.68. The van der Waals surface area contributed by atoms with Crippen molar-refractivity contribution in [1.29, 1.82) is 0 Å². The Hall–Kier alpha value is 2.57. The minimum absolute atomic E-state index is 0. The Labute approximate surface area is 103 Å². The zero-order valence-corrected chi connectivity index (χ0v) is 6.23. The third kappa shape index (κ3) is 56.0. The zero-order valence-electron chi connectivity index (χ0n) is 2.75. The van der Waals surface area contributed by atoms with Crippen LogP contribution in [0.15, 0.2) is 0 Å². The molecule has 0 bridgehead atoms. The van der Waals surface area contributed by atoms with E-state index in [1.165, 1.54) is 0 Å². The third-order valence-corrected chi connectivity index (χ3v) is 0. The number of rotatable bonds is 0. The molecule has 0 aromatic carbocycles. The van der Waals surface area contributed by atoms with Gasteiger partial charge in [-0.3, -0.25) is 0 Å². The van der Waals surface area contributed by atoms with Gasteiger partial charge in [-0.2, -0.15) is 0 Å². The Morgan fingerprint density at radius 2 is 1.14 bits per heavy atom. The SMILES string of the molecule is [Ca+2].[CaH2].[O]=[Cr](=[O])([O-])[O-]. The van der Waals surface area contributed by atoms with Crippen LogP contribution in [0.2, 0.25) is 0 Å². The summed E-state index contributed by atoms with van der Waals surface area (Å²) < 4.78 is 34.4. The van der Waals surface area contributed by atoms with Crippen molar-refractivity contribution in [3.05, 3.63) is 0 Å². The van der Waals surface area contributed by atoms with Crippen molar-refractivity contribution in [1.82, 2.24) is 0 Å². The molecule has 0 aliphatic carbocycles. The molecule has 4 nitrogen and oxygen atoms in total. The molecule has 7 heteroatoms. The zero-order chi connectivity index (χ0) is 4.50. The fourth-order valence-corrected chi connectivity index (χ4v) is 0. The van der Waals surface area contributed by atoms with Crippen LogP contribution in [0, 0.1) is 0 Å². The van der Waals surface area contributed by atoms with Crippen molar-refractivity contribution in [3.63, 3.8) is 0 Å². The van der Waals surface area contributed by atoms with Crippen molar-refractivity contribution in [2.75, 3.05) is 0 Å². The molecule has 0 N–H and O–H groups in total. The van der Waals surface area contributed by atoms with Crippen LogP contribution >= 0.6 is 0 Å². The van der Waals surface area contributed by atoms with E-state index in [1.54, 1.807) is 0 Å². The molecule has 0 saturated carbocycles. The van der Waals surface area contributed by atoms with Gasteiger partial charge in [0.2, 0.25) is 0 Å². The van der Waals surface area contributed by atoms with Crippen LogP contribution in [0.4, 0.5) is 0 Å². The van der Waals surface area contributed by atoms with E-state index < -0.39 is 13.6 Å². The molecule has 0 heterocycles. The Morgan fingerprint density at radius 3 is 1.14 bits per heavy atom. The van der Waals surface area contributed by atoms with Crippen molar-refractivity contribution in [2.24, 2.45) is 0 Å². The molecular formula is H2Ca2CrO4. The molecule has 0 fully saturated rings. The molecule has 0 saturated heterocycles. The van der Waals surface area contributed by atoms with E-state index in [1.807, 2.05) is 0 Å². The van der Waals surface area contributed by atoms with Crippen molar-refractivity contribution in [3.8, 4) is 0 Å². The first-order chi connectivity index (χ1) is 2.00. The first kappa shape index (κ1) is 16.3. The van der Waals surface area contributed by atoms with Gasteiger partial charge < -0.3 is 0 Å². The first-order valence-corrected chi connectivity index (χ1v) is 2.75. The van der Waals surface area contributed by atoms with E-state index >= 15 is 0 Å². The monoisotopic (exact) mass is 198 g/mol. The molecule has 7 heavy (non-hydrogen) atoms. The second-order valence-electron chi connectivity index (χ2n) is 0.408. The molecular weight excluding hydrogens is 196 g/mol. The fraction of sp³-hybridized carbons (Fsp3) is 0.